The predicted octanol–water partition coefficient (Wildman–Crippen LogP) is 3.28. The predicted molar refractivity (Wildman–Crippen MR) is 82.9 cm³/mol. The van der Waals surface area contributed by atoms with Gasteiger partial charge in [-0.25, -0.2) is 4.79 Å². The van der Waals surface area contributed by atoms with E-state index in [0.29, 0.717) is 12.4 Å². The van der Waals surface area contributed by atoms with Crippen LogP contribution in [0.1, 0.15) is 32.8 Å². The van der Waals surface area contributed by atoms with Gasteiger partial charge in [0.15, 0.2) is 6.10 Å². The molecule has 1 atom stereocenters. The van der Waals surface area contributed by atoms with E-state index in [-0.39, 0.29) is 5.97 Å². The Hall–Kier alpha value is -1.07. The first kappa shape index (κ1) is 17.0. The summed E-state index contributed by atoms with van der Waals surface area (Å²) in [7, 11) is 0. The summed E-state index contributed by atoms with van der Waals surface area (Å²) in [6.45, 7) is 7.69. The van der Waals surface area contributed by atoms with Gasteiger partial charge in [0.05, 0.1) is 6.61 Å². The smallest absolute Gasteiger partial charge is 0.347 e. The SMILES string of the molecule is CCCNCc1cc(OC(C)C(=O)OCC)ccc1Br. The third-order valence-electron chi connectivity index (χ3n) is 2.69. The molecule has 1 N–H and O–H groups in total. The van der Waals surface area contributed by atoms with Gasteiger partial charge in [-0.1, -0.05) is 22.9 Å². The summed E-state index contributed by atoms with van der Waals surface area (Å²) in [5.41, 5.74) is 1.10. The summed E-state index contributed by atoms with van der Waals surface area (Å²) < 4.78 is 11.6. The van der Waals surface area contributed by atoms with Crippen LogP contribution < -0.4 is 10.1 Å². The minimum absolute atomic E-state index is 0.346. The van der Waals surface area contributed by atoms with Gasteiger partial charge >= 0.3 is 5.97 Å². The normalized spacial score (nSPS) is 12.0. The largest absolute Gasteiger partial charge is 0.479 e. The molecule has 0 aliphatic heterocycles. The molecule has 1 rings (SSSR count). The van der Waals surface area contributed by atoms with Crippen molar-refractivity contribution in [3.8, 4) is 5.75 Å². The fourth-order valence-electron chi connectivity index (χ4n) is 1.67. The van der Waals surface area contributed by atoms with Gasteiger partial charge in [0.1, 0.15) is 5.75 Å². The number of benzene rings is 1. The van der Waals surface area contributed by atoms with Crippen LogP contribution >= 0.6 is 15.9 Å². The average molecular weight is 344 g/mol. The molecule has 20 heavy (non-hydrogen) atoms. The maximum absolute atomic E-state index is 11.5. The summed E-state index contributed by atoms with van der Waals surface area (Å²) in [6, 6.07) is 5.70. The van der Waals surface area contributed by atoms with E-state index >= 15 is 0 Å². The van der Waals surface area contributed by atoms with E-state index in [1.165, 1.54) is 0 Å². The summed E-state index contributed by atoms with van der Waals surface area (Å²) in [5, 5.41) is 3.34. The van der Waals surface area contributed by atoms with Crippen molar-refractivity contribution in [2.24, 2.45) is 0 Å². The van der Waals surface area contributed by atoms with E-state index in [1.54, 1.807) is 13.8 Å². The fourth-order valence-corrected chi connectivity index (χ4v) is 2.06. The number of rotatable bonds is 8. The van der Waals surface area contributed by atoms with Gasteiger partial charge < -0.3 is 14.8 Å². The number of hydrogen-bond donors (Lipinski definition) is 1. The summed E-state index contributed by atoms with van der Waals surface area (Å²) in [5.74, 6) is 0.322. The van der Waals surface area contributed by atoms with Crippen LogP contribution in [0.25, 0.3) is 0 Å². The maximum atomic E-state index is 11.5. The van der Waals surface area contributed by atoms with Crippen LogP contribution in [0.5, 0.6) is 5.75 Å². The van der Waals surface area contributed by atoms with E-state index in [0.717, 1.165) is 29.5 Å². The lowest BCUT2D eigenvalue weighted by Gasteiger charge is -2.15. The molecule has 0 radical (unpaired) electrons. The first-order valence-electron chi connectivity index (χ1n) is 6.90. The van der Waals surface area contributed by atoms with Crippen molar-refractivity contribution in [1.29, 1.82) is 0 Å². The fraction of sp³-hybridized carbons (Fsp3) is 0.533. The summed E-state index contributed by atoms with van der Waals surface area (Å²) in [4.78, 5) is 11.5. The number of esters is 1. The van der Waals surface area contributed by atoms with E-state index in [1.807, 2.05) is 18.2 Å². The highest BCUT2D eigenvalue weighted by Gasteiger charge is 2.16. The van der Waals surface area contributed by atoms with Crippen LogP contribution in [0.2, 0.25) is 0 Å². The molecule has 0 aromatic heterocycles. The van der Waals surface area contributed by atoms with Crippen molar-refractivity contribution in [2.75, 3.05) is 13.2 Å². The van der Waals surface area contributed by atoms with Gasteiger partial charge in [-0.3, -0.25) is 0 Å². The minimum atomic E-state index is -0.604. The van der Waals surface area contributed by atoms with Crippen LogP contribution in [0, 0.1) is 0 Å². The van der Waals surface area contributed by atoms with Crippen LogP contribution in [0.3, 0.4) is 0 Å². The highest BCUT2D eigenvalue weighted by molar-refractivity contribution is 9.10. The van der Waals surface area contributed by atoms with Gasteiger partial charge in [-0.05, 0) is 50.6 Å². The zero-order valence-electron chi connectivity index (χ0n) is 12.2. The van der Waals surface area contributed by atoms with Crippen molar-refractivity contribution in [3.63, 3.8) is 0 Å². The monoisotopic (exact) mass is 343 g/mol. The Morgan fingerprint density at radius 1 is 1.40 bits per heavy atom. The van der Waals surface area contributed by atoms with Crippen LogP contribution in [-0.4, -0.2) is 25.2 Å². The molecule has 0 bridgehead atoms. The number of nitrogens with one attached hydrogen (secondary N) is 1. The second-order valence-corrected chi connectivity index (χ2v) is 5.30. The highest BCUT2D eigenvalue weighted by atomic mass is 79.9. The van der Waals surface area contributed by atoms with Crippen LogP contribution in [-0.2, 0) is 16.1 Å². The van der Waals surface area contributed by atoms with Crippen LogP contribution in [0.15, 0.2) is 22.7 Å². The minimum Gasteiger partial charge on any atom is -0.479 e. The summed E-state index contributed by atoms with van der Waals surface area (Å²) in [6.07, 6.45) is 0.487. The molecule has 0 aliphatic carbocycles. The molecule has 0 fully saturated rings. The van der Waals surface area contributed by atoms with Gasteiger partial charge in [0.2, 0.25) is 0 Å². The molecule has 112 valence electrons. The number of carbonyl (C=O) groups is 1. The first-order valence-corrected chi connectivity index (χ1v) is 7.70. The zero-order valence-corrected chi connectivity index (χ0v) is 13.8. The van der Waals surface area contributed by atoms with Crippen molar-refractivity contribution in [3.05, 3.63) is 28.2 Å². The molecule has 0 heterocycles. The highest BCUT2D eigenvalue weighted by Crippen LogP contribution is 2.23. The van der Waals surface area contributed by atoms with Gasteiger partial charge in [-0.15, -0.1) is 0 Å². The molecule has 0 amide bonds. The molecule has 1 aromatic carbocycles. The van der Waals surface area contributed by atoms with Crippen molar-refractivity contribution >= 4 is 21.9 Å². The first-order chi connectivity index (χ1) is 9.58. The lowest BCUT2D eigenvalue weighted by Crippen LogP contribution is -2.26. The van der Waals surface area contributed by atoms with Crippen molar-refractivity contribution < 1.29 is 14.3 Å². The molecule has 0 aliphatic rings. The zero-order chi connectivity index (χ0) is 15.0. The second-order valence-electron chi connectivity index (χ2n) is 4.44. The molecule has 5 heteroatoms. The molecule has 1 aromatic rings. The van der Waals surface area contributed by atoms with Gasteiger partial charge in [-0.2, -0.15) is 0 Å². The average Bonchev–Trinajstić information content (AvgIpc) is 2.42. The Morgan fingerprint density at radius 3 is 2.80 bits per heavy atom. The van der Waals surface area contributed by atoms with E-state index in [2.05, 4.69) is 28.2 Å². The third kappa shape index (κ3) is 5.51. The summed E-state index contributed by atoms with van der Waals surface area (Å²) >= 11 is 3.52. The van der Waals surface area contributed by atoms with Crippen molar-refractivity contribution in [1.82, 2.24) is 5.32 Å². The quantitative estimate of drug-likeness (QED) is 0.581. The van der Waals surface area contributed by atoms with Gasteiger partial charge in [0, 0.05) is 11.0 Å². The third-order valence-corrected chi connectivity index (χ3v) is 3.46. The molecule has 0 saturated carbocycles. The Labute approximate surface area is 129 Å². The molecule has 0 saturated heterocycles. The van der Waals surface area contributed by atoms with E-state index in [4.69, 9.17) is 9.47 Å². The number of halogens is 1. The standard InChI is InChI=1S/C15H22BrNO3/c1-4-8-17-10-12-9-13(6-7-14(12)16)20-11(3)15(18)19-5-2/h6-7,9,11,17H,4-5,8,10H2,1-3H3. The molecule has 4 nitrogen and oxygen atoms in total. The van der Waals surface area contributed by atoms with Crippen molar-refractivity contribution in [2.45, 2.75) is 39.8 Å². The van der Waals surface area contributed by atoms with E-state index < -0.39 is 6.10 Å². The van der Waals surface area contributed by atoms with Gasteiger partial charge in [0.25, 0.3) is 0 Å². The lowest BCUT2D eigenvalue weighted by molar-refractivity contribution is -0.150. The second kappa shape index (κ2) is 8.97. The number of carbonyl (C=O) groups excluding carboxylic acids is 1. The van der Waals surface area contributed by atoms with Crippen LogP contribution in [0.4, 0.5) is 0 Å². The Balaban J connectivity index is 2.66. The molecule has 1 unspecified atom stereocenters. The topological polar surface area (TPSA) is 47.6 Å². The maximum Gasteiger partial charge on any atom is 0.347 e. The Morgan fingerprint density at radius 2 is 2.15 bits per heavy atom. The Kier molecular flexibility index (Phi) is 7.62. The number of hydrogen-bond acceptors (Lipinski definition) is 4. The molecular formula is C15H22BrNO3. The van der Waals surface area contributed by atoms with E-state index in [9.17, 15) is 4.79 Å². The lowest BCUT2D eigenvalue weighted by atomic mass is 10.2. The Bertz CT molecular complexity index is 437. The molecule has 0 spiro atoms. The molecular weight excluding hydrogens is 322 g/mol. The number of ether oxygens (including phenoxy) is 2.